The smallest absolute Gasteiger partial charge is 0.296 e. The van der Waals surface area contributed by atoms with Gasteiger partial charge in [-0.05, 0) is 44.2 Å². The van der Waals surface area contributed by atoms with Crippen LogP contribution in [0.15, 0.2) is 6.07 Å². The fraction of sp³-hybridized carbons (Fsp3) is 0.429. The second-order valence-electron chi connectivity index (χ2n) is 7.16. The topological polar surface area (TPSA) is 91.2 Å². The maximum Gasteiger partial charge on any atom is 0.296 e. The highest BCUT2D eigenvalue weighted by Crippen LogP contribution is 2.37. The first-order valence-electron chi connectivity index (χ1n) is 9.49. The first-order chi connectivity index (χ1) is 13.3. The van der Waals surface area contributed by atoms with E-state index in [9.17, 15) is 9.59 Å². The van der Waals surface area contributed by atoms with Gasteiger partial charge in [0.1, 0.15) is 5.82 Å². The number of hydrogen-bond donors (Lipinski definition) is 3. The van der Waals surface area contributed by atoms with Crippen LogP contribution in [0.2, 0.25) is 0 Å². The number of nitrogens with zero attached hydrogens (tertiary/aromatic N) is 1. The number of anilines is 1. The van der Waals surface area contributed by atoms with Crippen LogP contribution >= 0.6 is 0 Å². The van der Waals surface area contributed by atoms with E-state index in [2.05, 4.69) is 22.1 Å². The van der Waals surface area contributed by atoms with Crippen LogP contribution < -0.4 is 16.0 Å². The number of rotatable bonds is 3. The molecule has 148 valence electrons. The van der Waals surface area contributed by atoms with E-state index in [1.165, 1.54) is 6.07 Å². The van der Waals surface area contributed by atoms with Crippen LogP contribution in [0.1, 0.15) is 47.8 Å². The molecule has 2 amide bonds. The standard InChI is InChI=1S/C21H25FN4O2/c1-4-5-8-17(27)25-14-7-6-9-26(11-14)20-16(22)10-15(21(23)28)19-18(20)12(2)13(3)24-19/h10,14,24H,4,6-7,9,11H2,1-3H3,(H2,23,28)(H,25,27)/t14-/m0/s1. The average molecular weight is 384 g/mol. The molecule has 1 fully saturated rings. The Labute approximate surface area is 163 Å². The minimum Gasteiger partial charge on any atom is -0.367 e. The number of piperidine rings is 1. The zero-order chi connectivity index (χ0) is 20.4. The van der Waals surface area contributed by atoms with Crippen LogP contribution in [0.4, 0.5) is 10.1 Å². The van der Waals surface area contributed by atoms with Gasteiger partial charge in [0, 0.05) is 36.6 Å². The fourth-order valence-corrected chi connectivity index (χ4v) is 3.80. The summed E-state index contributed by atoms with van der Waals surface area (Å²) in [5.41, 5.74) is 8.34. The predicted molar refractivity (Wildman–Crippen MR) is 108 cm³/mol. The number of primary amides is 1. The lowest BCUT2D eigenvalue weighted by molar-refractivity contribution is -0.116. The number of carbonyl (C=O) groups excluding carboxylic acids is 2. The molecule has 7 heteroatoms. The molecule has 0 aliphatic carbocycles. The van der Waals surface area contributed by atoms with E-state index in [-0.39, 0.29) is 17.5 Å². The van der Waals surface area contributed by atoms with Crippen molar-refractivity contribution < 1.29 is 14.0 Å². The highest BCUT2D eigenvalue weighted by Gasteiger charge is 2.28. The van der Waals surface area contributed by atoms with Gasteiger partial charge < -0.3 is 20.9 Å². The van der Waals surface area contributed by atoms with Crippen molar-refractivity contribution in [3.05, 3.63) is 28.7 Å². The Hall–Kier alpha value is -3.01. The monoisotopic (exact) mass is 384 g/mol. The van der Waals surface area contributed by atoms with E-state index in [0.717, 1.165) is 24.1 Å². The fourth-order valence-electron chi connectivity index (χ4n) is 3.80. The Kier molecular flexibility index (Phi) is 5.59. The van der Waals surface area contributed by atoms with Gasteiger partial charge in [-0.15, -0.1) is 0 Å². The summed E-state index contributed by atoms with van der Waals surface area (Å²) < 4.78 is 15.1. The van der Waals surface area contributed by atoms with Gasteiger partial charge in [-0.1, -0.05) is 12.8 Å². The minimum absolute atomic E-state index is 0.113. The number of benzene rings is 1. The van der Waals surface area contributed by atoms with Gasteiger partial charge in [-0.2, -0.15) is 0 Å². The molecule has 6 nitrogen and oxygen atoms in total. The van der Waals surface area contributed by atoms with Gasteiger partial charge in [-0.3, -0.25) is 9.59 Å². The molecule has 28 heavy (non-hydrogen) atoms. The quantitative estimate of drug-likeness (QED) is 0.710. The lowest BCUT2D eigenvalue weighted by Crippen LogP contribution is -2.47. The van der Waals surface area contributed by atoms with Crippen LogP contribution in [-0.2, 0) is 4.79 Å². The van der Waals surface area contributed by atoms with Crippen molar-refractivity contribution in [3.63, 3.8) is 0 Å². The first-order valence-corrected chi connectivity index (χ1v) is 9.49. The highest BCUT2D eigenvalue weighted by atomic mass is 19.1. The number of carbonyl (C=O) groups is 2. The van der Waals surface area contributed by atoms with Crippen LogP contribution in [0.25, 0.3) is 10.9 Å². The van der Waals surface area contributed by atoms with Crippen molar-refractivity contribution in [1.29, 1.82) is 0 Å². The van der Waals surface area contributed by atoms with E-state index in [4.69, 9.17) is 5.73 Å². The molecule has 1 saturated heterocycles. The van der Waals surface area contributed by atoms with Crippen LogP contribution in [-0.4, -0.2) is 35.9 Å². The van der Waals surface area contributed by atoms with E-state index >= 15 is 4.39 Å². The van der Waals surface area contributed by atoms with Gasteiger partial charge >= 0.3 is 0 Å². The number of aryl methyl sites for hydroxylation is 2. The zero-order valence-electron chi connectivity index (χ0n) is 16.4. The molecular weight excluding hydrogens is 359 g/mol. The molecule has 1 aliphatic heterocycles. The Morgan fingerprint density at radius 3 is 2.86 bits per heavy atom. The maximum atomic E-state index is 15.1. The highest BCUT2D eigenvalue weighted by molar-refractivity contribution is 6.10. The second kappa shape index (κ2) is 7.93. The van der Waals surface area contributed by atoms with Crippen molar-refractivity contribution in [2.45, 2.75) is 46.1 Å². The lowest BCUT2D eigenvalue weighted by atomic mass is 10.0. The lowest BCUT2D eigenvalue weighted by Gasteiger charge is -2.35. The molecule has 0 radical (unpaired) electrons. The number of fused-ring (bicyclic) bond motifs is 1. The largest absolute Gasteiger partial charge is 0.367 e. The Morgan fingerprint density at radius 2 is 2.18 bits per heavy atom. The number of nitrogens with two attached hydrogens (primary N) is 1. The number of H-pyrrole nitrogens is 1. The molecule has 2 aromatic rings. The number of halogens is 1. The summed E-state index contributed by atoms with van der Waals surface area (Å²) >= 11 is 0. The normalized spacial score (nSPS) is 16.6. The Balaban J connectivity index is 1.99. The van der Waals surface area contributed by atoms with Gasteiger partial charge in [0.2, 0.25) is 0 Å². The summed E-state index contributed by atoms with van der Waals surface area (Å²) in [5, 5.41) is 3.58. The molecule has 2 heterocycles. The number of hydrogen-bond acceptors (Lipinski definition) is 3. The van der Waals surface area contributed by atoms with E-state index in [0.29, 0.717) is 36.1 Å². The molecule has 0 bridgehead atoms. The van der Waals surface area contributed by atoms with Crippen LogP contribution in [0.5, 0.6) is 0 Å². The van der Waals surface area contributed by atoms with Crippen molar-refractivity contribution in [1.82, 2.24) is 10.3 Å². The third-order valence-corrected chi connectivity index (χ3v) is 5.22. The SMILES string of the molecule is CCC#CC(=O)N[C@H]1CCCN(c2c(F)cc(C(N)=O)c3[nH]c(C)c(C)c23)C1. The molecular formula is C21H25FN4O2. The predicted octanol–water partition coefficient (Wildman–Crippen LogP) is 2.52. The molecule has 1 atom stereocenters. The second-order valence-corrected chi connectivity index (χ2v) is 7.16. The number of aromatic nitrogens is 1. The summed E-state index contributed by atoms with van der Waals surface area (Å²) in [7, 11) is 0. The van der Waals surface area contributed by atoms with Gasteiger partial charge in [0.05, 0.1) is 16.8 Å². The van der Waals surface area contributed by atoms with Crippen molar-refractivity contribution in [2.75, 3.05) is 18.0 Å². The molecule has 1 aromatic carbocycles. The molecule has 4 N–H and O–H groups in total. The molecule has 1 aromatic heterocycles. The van der Waals surface area contributed by atoms with Gasteiger partial charge in [0.15, 0.2) is 0 Å². The Morgan fingerprint density at radius 1 is 1.43 bits per heavy atom. The van der Waals surface area contributed by atoms with Crippen LogP contribution in [0.3, 0.4) is 0 Å². The zero-order valence-corrected chi connectivity index (χ0v) is 16.4. The molecule has 3 rings (SSSR count). The minimum atomic E-state index is -0.671. The van der Waals surface area contributed by atoms with Crippen molar-refractivity contribution in [3.8, 4) is 11.8 Å². The summed E-state index contributed by atoms with van der Waals surface area (Å²) in [4.78, 5) is 28.8. The molecule has 0 spiro atoms. The maximum absolute atomic E-state index is 15.1. The van der Waals surface area contributed by atoms with Crippen LogP contribution in [0, 0.1) is 31.5 Å². The summed E-state index contributed by atoms with van der Waals surface area (Å²) in [6.45, 7) is 6.80. The third kappa shape index (κ3) is 3.68. The summed E-state index contributed by atoms with van der Waals surface area (Å²) in [6.07, 6.45) is 2.24. The van der Waals surface area contributed by atoms with E-state index in [1.807, 2.05) is 25.7 Å². The van der Waals surface area contributed by atoms with Crippen molar-refractivity contribution >= 4 is 28.4 Å². The summed E-state index contributed by atoms with van der Waals surface area (Å²) in [5.74, 6) is 3.85. The van der Waals surface area contributed by atoms with Gasteiger partial charge in [0.25, 0.3) is 11.8 Å². The van der Waals surface area contributed by atoms with Gasteiger partial charge in [-0.25, -0.2) is 4.39 Å². The third-order valence-electron chi connectivity index (χ3n) is 5.22. The molecule has 1 aliphatic rings. The number of aromatic amines is 1. The number of nitrogens with one attached hydrogen (secondary N) is 2. The van der Waals surface area contributed by atoms with Crippen molar-refractivity contribution in [2.24, 2.45) is 5.73 Å². The van der Waals surface area contributed by atoms with E-state index in [1.54, 1.807) is 0 Å². The van der Waals surface area contributed by atoms with E-state index < -0.39 is 11.7 Å². The summed E-state index contributed by atoms with van der Waals surface area (Å²) in [6, 6.07) is 1.09. The molecule has 0 saturated carbocycles. The Bertz CT molecular complexity index is 999. The average Bonchev–Trinajstić information content (AvgIpc) is 2.94. The molecule has 0 unspecified atom stereocenters. The first kappa shape index (κ1) is 19.7. The number of amides is 2.